The average molecular weight is 404 g/mol. The predicted molar refractivity (Wildman–Crippen MR) is 102 cm³/mol. The highest BCUT2D eigenvalue weighted by molar-refractivity contribution is 6.17. The van der Waals surface area contributed by atoms with Gasteiger partial charge in [0.05, 0.1) is 25.3 Å². The number of amidine groups is 1. The standard InChI is InChI=1S/C19H24N4O6/c1-5-28-18(27)23-6-7-29-15(23)11-8-12(16(24)25)13(20-9-11)14-21-17(26)19(4,22-14)10(2)3/h8-10,15H,5-7H2,1-4H3,(H,24,25)(H,21,22,26). The Labute approximate surface area is 167 Å². The molecule has 1 fully saturated rings. The van der Waals surface area contributed by atoms with Gasteiger partial charge in [-0.05, 0) is 25.8 Å². The van der Waals surface area contributed by atoms with E-state index >= 15 is 0 Å². The number of aliphatic imine (C=N–C) groups is 1. The van der Waals surface area contributed by atoms with E-state index in [1.165, 1.54) is 17.2 Å². The highest BCUT2D eigenvalue weighted by Gasteiger charge is 2.43. The van der Waals surface area contributed by atoms with Gasteiger partial charge in [-0.15, -0.1) is 0 Å². The Kier molecular flexibility index (Phi) is 5.56. The SMILES string of the molecule is CCOC(=O)N1CCOC1c1cnc(C2=NC(C)(C(C)C)C(=O)N2)c(C(=O)O)c1. The predicted octanol–water partition coefficient (Wildman–Crippen LogP) is 1.56. The molecule has 2 amide bonds. The van der Waals surface area contributed by atoms with E-state index < -0.39 is 23.8 Å². The summed E-state index contributed by atoms with van der Waals surface area (Å²) in [4.78, 5) is 46.4. The molecule has 2 atom stereocenters. The zero-order valence-electron chi connectivity index (χ0n) is 16.8. The monoisotopic (exact) mass is 404 g/mol. The molecule has 1 aromatic rings. The molecular weight excluding hydrogens is 380 g/mol. The van der Waals surface area contributed by atoms with E-state index in [-0.39, 0.29) is 35.5 Å². The van der Waals surface area contributed by atoms with Gasteiger partial charge in [-0.25, -0.2) is 14.6 Å². The van der Waals surface area contributed by atoms with Gasteiger partial charge in [0.1, 0.15) is 11.2 Å². The lowest BCUT2D eigenvalue weighted by Crippen LogP contribution is -2.41. The van der Waals surface area contributed by atoms with Crippen molar-refractivity contribution in [2.75, 3.05) is 19.8 Å². The molecule has 3 rings (SSSR count). The number of carboxylic acid groups (broad SMARTS) is 1. The molecule has 1 aromatic heterocycles. The maximum absolute atomic E-state index is 12.4. The topological polar surface area (TPSA) is 130 Å². The van der Waals surface area contributed by atoms with E-state index in [1.807, 2.05) is 13.8 Å². The molecule has 10 heteroatoms. The van der Waals surface area contributed by atoms with E-state index in [2.05, 4.69) is 15.3 Å². The van der Waals surface area contributed by atoms with Gasteiger partial charge < -0.3 is 19.9 Å². The smallest absolute Gasteiger partial charge is 0.412 e. The van der Waals surface area contributed by atoms with Crippen molar-refractivity contribution < 1.29 is 29.0 Å². The maximum atomic E-state index is 12.4. The first-order valence-corrected chi connectivity index (χ1v) is 9.39. The number of amides is 2. The fraction of sp³-hybridized carbons (Fsp3) is 0.526. The van der Waals surface area contributed by atoms with Gasteiger partial charge in [0.15, 0.2) is 12.1 Å². The molecule has 0 saturated carbocycles. The second-order valence-corrected chi connectivity index (χ2v) is 7.30. The third-order valence-electron chi connectivity index (χ3n) is 5.20. The summed E-state index contributed by atoms with van der Waals surface area (Å²) >= 11 is 0. The summed E-state index contributed by atoms with van der Waals surface area (Å²) in [6.45, 7) is 7.95. The number of carbonyl (C=O) groups excluding carboxylic acids is 2. The van der Waals surface area contributed by atoms with E-state index in [1.54, 1.807) is 13.8 Å². The number of rotatable bonds is 5. The number of carboxylic acids is 1. The van der Waals surface area contributed by atoms with Crippen molar-refractivity contribution in [3.05, 3.63) is 29.1 Å². The molecule has 2 aliphatic heterocycles. The Hall–Kier alpha value is -3.01. The minimum Gasteiger partial charge on any atom is -0.478 e. The molecule has 156 valence electrons. The van der Waals surface area contributed by atoms with Crippen molar-refractivity contribution in [3.8, 4) is 0 Å². The molecule has 2 unspecified atom stereocenters. The molecular formula is C19H24N4O6. The van der Waals surface area contributed by atoms with Gasteiger partial charge in [0.25, 0.3) is 5.91 Å². The molecule has 0 aromatic carbocycles. The molecule has 0 bridgehead atoms. The molecule has 3 heterocycles. The Morgan fingerprint density at radius 2 is 2.21 bits per heavy atom. The molecule has 10 nitrogen and oxygen atoms in total. The lowest BCUT2D eigenvalue weighted by Gasteiger charge is -2.22. The third kappa shape index (κ3) is 3.67. The van der Waals surface area contributed by atoms with Gasteiger partial charge in [-0.1, -0.05) is 13.8 Å². The van der Waals surface area contributed by atoms with Gasteiger partial charge in [-0.2, -0.15) is 0 Å². The first kappa shape index (κ1) is 20.7. The first-order valence-electron chi connectivity index (χ1n) is 9.39. The van der Waals surface area contributed by atoms with Crippen LogP contribution in [0.3, 0.4) is 0 Å². The average Bonchev–Trinajstić information content (AvgIpc) is 3.27. The summed E-state index contributed by atoms with van der Waals surface area (Å²) in [5.41, 5.74) is -0.692. The van der Waals surface area contributed by atoms with Crippen LogP contribution in [0.1, 0.15) is 55.5 Å². The van der Waals surface area contributed by atoms with Crippen LogP contribution in [0, 0.1) is 5.92 Å². The molecule has 0 radical (unpaired) electrons. The number of pyridine rings is 1. The van der Waals surface area contributed by atoms with E-state index in [0.717, 1.165) is 0 Å². The molecule has 29 heavy (non-hydrogen) atoms. The second-order valence-electron chi connectivity index (χ2n) is 7.30. The summed E-state index contributed by atoms with van der Waals surface area (Å²) in [6.07, 6.45) is 0.0785. The zero-order chi connectivity index (χ0) is 21.3. The van der Waals surface area contributed by atoms with Crippen molar-refractivity contribution in [1.82, 2.24) is 15.2 Å². The summed E-state index contributed by atoms with van der Waals surface area (Å²) in [7, 11) is 0. The largest absolute Gasteiger partial charge is 0.478 e. The zero-order valence-corrected chi connectivity index (χ0v) is 16.8. The molecule has 0 aliphatic carbocycles. The summed E-state index contributed by atoms with van der Waals surface area (Å²) in [5.74, 6) is -1.51. The van der Waals surface area contributed by atoms with E-state index in [4.69, 9.17) is 9.47 Å². The van der Waals surface area contributed by atoms with E-state index in [0.29, 0.717) is 18.7 Å². The van der Waals surface area contributed by atoms with Crippen LogP contribution in [0.25, 0.3) is 0 Å². The van der Waals surface area contributed by atoms with Crippen molar-refractivity contribution >= 4 is 23.8 Å². The van der Waals surface area contributed by atoms with Crippen molar-refractivity contribution in [1.29, 1.82) is 0 Å². The second kappa shape index (κ2) is 7.78. The summed E-state index contributed by atoms with van der Waals surface area (Å²) in [5, 5.41) is 12.3. The van der Waals surface area contributed by atoms with Crippen molar-refractivity contribution in [2.45, 2.75) is 39.5 Å². The molecule has 0 spiro atoms. The van der Waals surface area contributed by atoms with Gasteiger partial charge >= 0.3 is 12.1 Å². The van der Waals surface area contributed by atoms with Crippen molar-refractivity contribution in [2.24, 2.45) is 10.9 Å². The maximum Gasteiger partial charge on any atom is 0.412 e. The molecule has 2 aliphatic rings. The van der Waals surface area contributed by atoms with Crippen LogP contribution in [0.2, 0.25) is 0 Å². The van der Waals surface area contributed by atoms with E-state index in [9.17, 15) is 19.5 Å². The van der Waals surface area contributed by atoms with Crippen LogP contribution in [0.15, 0.2) is 17.3 Å². The summed E-state index contributed by atoms with van der Waals surface area (Å²) in [6, 6.07) is 1.38. The highest BCUT2D eigenvalue weighted by atomic mass is 16.6. The first-order chi connectivity index (χ1) is 13.7. The Morgan fingerprint density at radius 3 is 2.79 bits per heavy atom. The molecule has 1 saturated heterocycles. The van der Waals surface area contributed by atoms with Gasteiger partial charge in [0, 0.05) is 11.8 Å². The Morgan fingerprint density at radius 1 is 1.48 bits per heavy atom. The number of ether oxygens (including phenoxy) is 2. The number of nitrogens with zero attached hydrogens (tertiary/aromatic N) is 3. The number of hydrogen-bond acceptors (Lipinski definition) is 7. The Balaban J connectivity index is 1.98. The molecule has 2 N–H and O–H groups in total. The highest BCUT2D eigenvalue weighted by Crippen LogP contribution is 2.30. The summed E-state index contributed by atoms with van der Waals surface area (Å²) < 4.78 is 10.6. The van der Waals surface area contributed by atoms with Crippen molar-refractivity contribution in [3.63, 3.8) is 0 Å². The Bertz CT molecular complexity index is 883. The minimum absolute atomic E-state index is 0.0552. The van der Waals surface area contributed by atoms with Gasteiger partial charge in [0.2, 0.25) is 0 Å². The lowest BCUT2D eigenvalue weighted by atomic mass is 9.89. The number of aromatic carboxylic acids is 1. The van der Waals surface area contributed by atoms with Crippen LogP contribution in [-0.4, -0.2) is 64.1 Å². The fourth-order valence-corrected chi connectivity index (χ4v) is 3.16. The lowest BCUT2D eigenvalue weighted by molar-refractivity contribution is -0.124. The quantitative estimate of drug-likeness (QED) is 0.761. The number of carbonyl (C=O) groups is 3. The van der Waals surface area contributed by atoms with Crippen LogP contribution in [0.5, 0.6) is 0 Å². The minimum atomic E-state index is -1.23. The normalized spacial score (nSPS) is 23.9. The third-order valence-corrected chi connectivity index (χ3v) is 5.20. The number of hydrogen-bond donors (Lipinski definition) is 2. The number of nitrogens with one attached hydrogen (secondary N) is 1. The number of aromatic nitrogens is 1. The fourth-order valence-electron chi connectivity index (χ4n) is 3.16. The van der Waals surface area contributed by atoms with Gasteiger partial charge in [-0.3, -0.25) is 14.7 Å². The van der Waals surface area contributed by atoms with Crippen LogP contribution in [-0.2, 0) is 14.3 Å². The van der Waals surface area contributed by atoms with Crippen LogP contribution < -0.4 is 5.32 Å². The van der Waals surface area contributed by atoms with Crippen LogP contribution >= 0.6 is 0 Å². The van der Waals surface area contributed by atoms with Crippen LogP contribution in [0.4, 0.5) is 4.79 Å².